The van der Waals surface area contributed by atoms with E-state index in [4.69, 9.17) is 9.29 Å². The van der Waals surface area contributed by atoms with Crippen LogP contribution in [0.4, 0.5) is 5.69 Å². The van der Waals surface area contributed by atoms with E-state index >= 15 is 0 Å². The van der Waals surface area contributed by atoms with Crippen molar-refractivity contribution in [1.29, 1.82) is 0 Å². The zero-order valence-electron chi connectivity index (χ0n) is 17.2. The summed E-state index contributed by atoms with van der Waals surface area (Å²) < 4.78 is 37.3. The maximum atomic E-state index is 12.9. The Morgan fingerprint density at radius 3 is 2.25 bits per heavy atom. The molecule has 0 aliphatic carbocycles. The fourth-order valence-electron chi connectivity index (χ4n) is 3.19. The van der Waals surface area contributed by atoms with Gasteiger partial charge in [0.15, 0.2) is 0 Å². The fraction of sp³-hybridized carbons (Fsp3) is 0.0833. The van der Waals surface area contributed by atoms with Gasteiger partial charge in [0, 0.05) is 0 Å². The summed E-state index contributed by atoms with van der Waals surface area (Å²) in [5.41, 5.74) is 3.26. The van der Waals surface area contributed by atoms with Crippen LogP contribution in [0.25, 0.3) is 6.08 Å². The molecule has 1 N–H and O–H groups in total. The number of ether oxygens (including phenoxy) is 1. The lowest BCUT2D eigenvalue weighted by Gasteiger charge is -2.12. The maximum Gasteiger partial charge on any atom is 0.294 e. The first-order valence-electron chi connectivity index (χ1n) is 9.77. The number of nitrogens with zero attached hydrogens (tertiary/aromatic N) is 2. The summed E-state index contributed by atoms with van der Waals surface area (Å²) in [6.45, 7) is 2.20. The first-order valence-corrected chi connectivity index (χ1v) is 11.2. The molecule has 0 aromatic heterocycles. The van der Waals surface area contributed by atoms with Crippen LogP contribution in [0.3, 0.4) is 0 Å². The Kier molecular flexibility index (Phi) is 5.89. The number of hydrazone groups is 1. The Bertz CT molecular complexity index is 1300. The molecule has 0 fully saturated rings. The van der Waals surface area contributed by atoms with Crippen LogP contribution in [-0.2, 0) is 21.5 Å². The third-order valence-corrected chi connectivity index (χ3v) is 5.75. The number of benzene rings is 3. The molecule has 162 valence electrons. The minimum Gasteiger partial charge on any atom is -0.489 e. The van der Waals surface area contributed by atoms with E-state index in [0.29, 0.717) is 23.6 Å². The highest BCUT2D eigenvalue weighted by Gasteiger charge is 2.28. The van der Waals surface area contributed by atoms with E-state index in [9.17, 15) is 13.2 Å². The van der Waals surface area contributed by atoms with Gasteiger partial charge in [-0.25, -0.2) is 0 Å². The molecule has 8 heteroatoms. The summed E-state index contributed by atoms with van der Waals surface area (Å²) in [6.07, 6.45) is 1.74. The lowest BCUT2D eigenvalue weighted by molar-refractivity contribution is -0.114. The second-order valence-electron chi connectivity index (χ2n) is 7.17. The molecule has 0 unspecified atom stereocenters. The minimum atomic E-state index is -4.30. The van der Waals surface area contributed by atoms with Gasteiger partial charge < -0.3 is 4.74 Å². The van der Waals surface area contributed by atoms with Crippen molar-refractivity contribution in [2.75, 3.05) is 5.01 Å². The number of rotatable bonds is 6. The van der Waals surface area contributed by atoms with Gasteiger partial charge in [-0.15, -0.1) is 0 Å². The van der Waals surface area contributed by atoms with Gasteiger partial charge in [-0.2, -0.15) is 18.5 Å². The molecule has 1 aliphatic rings. The Morgan fingerprint density at radius 2 is 1.62 bits per heavy atom. The van der Waals surface area contributed by atoms with Crippen molar-refractivity contribution < 1.29 is 22.5 Å². The standard InChI is InChI=1S/C24H20N2O5S/c1-17-23(24(27)26(25-17)20-9-13-22(14-10-20)32(28,29)30)15-18-7-11-21(12-8-18)31-16-19-5-3-2-4-6-19/h2-15H,16H2,1H3,(H,28,29,30)/b23-15-. The van der Waals surface area contributed by atoms with Gasteiger partial charge >= 0.3 is 0 Å². The highest BCUT2D eigenvalue weighted by molar-refractivity contribution is 7.85. The molecule has 4 rings (SSSR count). The molecule has 0 spiro atoms. The van der Waals surface area contributed by atoms with Crippen LogP contribution >= 0.6 is 0 Å². The third-order valence-electron chi connectivity index (χ3n) is 4.88. The molecular formula is C24H20N2O5S. The molecule has 0 atom stereocenters. The molecule has 0 saturated carbocycles. The number of anilines is 1. The van der Waals surface area contributed by atoms with E-state index in [1.807, 2.05) is 54.6 Å². The lowest BCUT2D eigenvalue weighted by Crippen LogP contribution is -2.21. The predicted molar refractivity (Wildman–Crippen MR) is 122 cm³/mol. The number of carbonyl (C=O) groups excluding carboxylic acids is 1. The number of hydrogen-bond acceptors (Lipinski definition) is 5. The smallest absolute Gasteiger partial charge is 0.294 e. The highest BCUT2D eigenvalue weighted by atomic mass is 32.2. The molecule has 3 aromatic rings. The van der Waals surface area contributed by atoms with Crippen LogP contribution in [0, 0.1) is 0 Å². The molecule has 1 amide bonds. The number of hydrogen-bond donors (Lipinski definition) is 1. The Morgan fingerprint density at radius 1 is 0.969 bits per heavy atom. The van der Waals surface area contributed by atoms with E-state index in [-0.39, 0.29) is 10.8 Å². The van der Waals surface area contributed by atoms with Gasteiger partial charge in [-0.1, -0.05) is 42.5 Å². The molecule has 1 aliphatic heterocycles. The van der Waals surface area contributed by atoms with Crippen molar-refractivity contribution in [3.63, 3.8) is 0 Å². The molecular weight excluding hydrogens is 428 g/mol. The number of carbonyl (C=O) groups is 1. The molecule has 3 aromatic carbocycles. The summed E-state index contributed by atoms with van der Waals surface area (Å²) in [4.78, 5) is 12.6. The largest absolute Gasteiger partial charge is 0.489 e. The molecule has 32 heavy (non-hydrogen) atoms. The lowest BCUT2D eigenvalue weighted by atomic mass is 10.1. The quantitative estimate of drug-likeness (QED) is 0.448. The summed E-state index contributed by atoms with van der Waals surface area (Å²) in [5.74, 6) is 0.395. The van der Waals surface area contributed by atoms with Crippen LogP contribution in [0.15, 0.2) is 94.4 Å². The normalized spacial score (nSPS) is 15.2. The first kappa shape index (κ1) is 21.5. The van der Waals surface area contributed by atoms with Crippen molar-refractivity contribution in [3.05, 3.63) is 95.6 Å². The van der Waals surface area contributed by atoms with E-state index in [2.05, 4.69) is 5.10 Å². The zero-order valence-corrected chi connectivity index (χ0v) is 18.0. The second-order valence-corrected chi connectivity index (χ2v) is 8.59. The van der Waals surface area contributed by atoms with E-state index in [0.717, 1.165) is 16.9 Å². The van der Waals surface area contributed by atoms with E-state index < -0.39 is 10.1 Å². The van der Waals surface area contributed by atoms with Crippen molar-refractivity contribution >= 4 is 33.5 Å². The monoisotopic (exact) mass is 448 g/mol. The van der Waals surface area contributed by atoms with Gasteiger partial charge in [0.25, 0.3) is 16.0 Å². The predicted octanol–water partition coefficient (Wildman–Crippen LogP) is 4.32. The van der Waals surface area contributed by atoms with Gasteiger partial charge in [-0.3, -0.25) is 9.35 Å². The number of amides is 1. The fourth-order valence-corrected chi connectivity index (χ4v) is 3.67. The van der Waals surface area contributed by atoms with E-state index in [1.54, 1.807) is 13.0 Å². The molecule has 0 saturated heterocycles. The van der Waals surface area contributed by atoms with Crippen LogP contribution in [0.1, 0.15) is 18.1 Å². The Hall–Kier alpha value is -3.75. The Balaban J connectivity index is 1.47. The SMILES string of the molecule is CC1=NN(c2ccc(S(=O)(=O)O)cc2)C(=O)/C1=C\c1ccc(OCc2ccccc2)cc1. The van der Waals surface area contributed by atoms with Crippen LogP contribution in [0.2, 0.25) is 0 Å². The van der Waals surface area contributed by atoms with Gasteiger partial charge in [0.05, 0.1) is 21.9 Å². The van der Waals surface area contributed by atoms with Gasteiger partial charge in [0.1, 0.15) is 12.4 Å². The van der Waals surface area contributed by atoms with Crippen molar-refractivity contribution in [2.45, 2.75) is 18.4 Å². The molecule has 7 nitrogen and oxygen atoms in total. The topological polar surface area (TPSA) is 96.3 Å². The van der Waals surface area contributed by atoms with E-state index in [1.165, 1.54) is 29.3 Å². The van der Waals surface area contributed by atoms with Crippen LogP contribution in [-0.4, -0.2) is 24.6 Å². The van der Waals surface area contributed by atoms with Crippen LogP contribution < -0.4 is 9.75 Å². The summed E-state index contributed by atoms with van der Waals surface area (Å²) in [7, 11) is -4.30. The summed E-state index contributed by atoms with van der Waals surface area (Å²) >= 11 is 0. The van der Waals surface area contributed by atoms with Crippen molar-refractivity contribution in [2.24, 2.45) is 5.10 Å². The third kappa shape index (κ3) is 4.77. The van der Waals surface area contributed by atoms with Crippen molar-refractivity contribution in [3.8, 4) is 5.75 Å². The average molecular weight is 449 g/mol. The van der Waals surface area contributed by atoms with Gasteiger partial charge in [-0.05, 0) is 60.5 Å². The van der Waals surface area contributed by atoms with Crippen molar-refractivity contribution in [1.82, 2.24) is 0 Å². The molecule has 1 heterocycles. The second kappa shape index (κ2) is 8.78. The van der Waals surface area contributed by atoms with Crippen LogP contribution in [0.5, 0.6) is 5.75 Å². The minimum absolute atomic E-state index is 0.251. The first-order chi connectivity index (χ1) is 15.3. The maximum absolute atomic E-state index is 12.9. The highest BCUT2D eigenvalue weighted by Crippen LogP contribution is 2.26. The molecule has 0 bridgehead atoms. The zero-order chi connectivity index (χ0) is 22.7. The van der Waals surface area contributed by atoms with Gasteiger partial charge in [0.2, 0.25) is 0 Å². The molecule has 0 radical (unpaired) electrons. The summed E-state index contributed by atoms with van der Waals surface area (Å²) in [6, 6.07) is 22.5. The Labute approximate surface area is 186 Å². The summed E-state index contributed by atoms with van der Waals surface area (Å²) in [5, 5.41) is 5.49. The average Bonchev–Trinajstić information content (AvgIpc) is 3.07.